The maximum absolute atomic E-state index is 13.0. The number of ether oxygens (including phenoxy) is 1. The van der Waals surface area contributed by atoms with Crippen molar-refractivity contribution in [1.29, 1.82) is 0 Å². The molecule has 0 fully saturated rings. The summed E-state index contributed by atoms with van der Waals surface area (Å²) in [6, 6.07) is 8.24. The van der Waals surface area contributed by atoms with Gasteiger partial charge in [0.05, 0.1) is 12.9 Å². The average Bonchev–Trinajstić information content (AvgIpc) is 3.63. The van der Waals surface area contributed by atoms with Gasteiger partial charge in [0.1, 0.15) is 10.6 Å². The Bertz CT molecular complexity index is 1470. The Hall–Kier alpha value is -3.21. The van der Waals surface area contributed by atoms with Crippen molar-refractivity contribution >= 4 is 51.3 Å². The molecule has 1 aromatic carbocycles. The standard InChI is InChI=1S/C28H30N4O3S3/c1-6-8-20-13-19(14-36-20)25-30-31-28(32(25)11-7-2)38-16-23(33)29-26-24(27(34)35-5)22(15-37-26)21-12-17(3)9-10-18(21)4/h7,9-10,12-15H,2,6,8,11,16H2,1,3-5H3,(H,29,33). The lowest BCUT2D eigenvalue weighted by Gasteiger charge is -2.10. The zero-order valence-corrected chi connectivity index (χ0v) is 24.3. The van der Waals surface area contributed by atoms with E-state index >= 15 is 0 Å². The van der Waals surface area contributed by atoms with Crippen LogP contribution in [0.15, 0.2) is 52.8 Å². The highest BCUT2D eigenvalue weighted by Gasteiger charge is 2.24. The van der Waals surface area contributed by atoms with Crippen LogP contribution in [0.3, 0.4) is 0 Å². The van der Waals surface area contributed by atoms with Crippen molar-refractivity contribution in [3.05, 3.63) is 69.2 Å². The molecule has 1 N–H and O–H groups in total. The molecular weight excluding hydrogens is 537 g/mol. The molecule has 4 rings (SSSR count). The van der Waals surface area contributed by atoms with Crippen LogP contribution in [0.25, 0.3) is 22.5 Å². The van der Waals surface area contributed by atoms with Crippen molar-refractivity contribution in [2.45, 2.75) is 45.3 Å². The van der Waals surface area contributed by atoms with Crippen LogP contribution in [-0.2, 0) is 22.5 Å². The largest absolute Gasteiger partial charge is 0.465 e. The number of thiophene rings is 2. The Morgan fingerprint density at radius 2 is 1.97 bits per heavy atom. The molecule has 0 aliphatic carbocycles. The Morgan fingerprint density at radius 3 is 2.71 bits per heavy atom. The highest BCUT2D eigenvalue weighted by molar-refractivity contribution is 7.99. The molecule has 7 nitrogen and oxygen atoms in total. The number of carbonyl (C=O) groups is 2. The minimum Gasteiger partial charge on any atom is -0.465 e. The Balaban J connectivity index is 1.53. The second kappa shape index (κ2) is 12.6. The number of amides is 1. The average molecular weight is 567 g/mol. The van der Waals surface area contributed by atoms with Gasteiger partial charge in [-0.1, -0.05) is 54.9 Å². The predicted octanol–water partition coefficient (Wildman–Crippen LogP) is 7.01. The number of hydrogen-bond acceptors (Lipinski definition) is 8. The number of nitrogens with zero attached hydrogens (tertiary/aromatic N) is 3. The van der Waals surface area contributed by atoms with Gasteiger partial charge in [-0.2, -0.15) is 0 Å². The van der Waals surface area contributed by atoms with E-state index in [0.717, 1.165) is 46.5 Å². The number of carbonyl (C=O) groups excluding carboxylic acids is 2. The molecule has 3 aromatic heterocycles. The number of hydrogen-bond donors (Lipinski definition) is 1. The van der Waals surface area contributed by atoms with Crippen LogP contribution in [0.2, 0.25) is 0 Å². The van der Waals surface area contributed by atoms with Gasteiger partial charge in [0, 0.05) is 33.3 Å². The minimum absolute atomic E-state index is 0.108. The van der Waals surface area contributed by atoms with E-state index in [1.165, 1.54) is 35.1 Å². The van der Waals surface area contributed by atoms with Crippen LogP contribution in [0, 0.1) is 13.8 Å². The molecule has 38 heavy (non-hydrogen) atoms. The van der Waals surface area contributed by atoms with E-state index < -0.39 is 5.97 Å². The van der Waals surface area contributed by atoms with E-state index in [0.29, 0.717) is 22.3 Å². The van der Waals surface area contributed by atoms with Gasteiger partial charge in [0.25, 0.3) is 0 Å². The summed E-state index contributed by atoms with van der Waals surface area (Å²) in [4.78, 5) is 27.0. The van der Waals surface area contributed by atoms with Crippen LogP contribution in [-0.4, -0.2) is 39.5 Å². The first-order valence-electron chi connectivity index (χ1n) is 12.2. The molecular formula is C28H30N4O3S3. The number of rotatable bonds is 11. The fourth-order valence-corrected chi connectivity index (χ4v) is 6.73. The number of benzene rings is 1. The molecule has 10 heteroatoms. The quantitative estimate of drug-likeness (QED) is 0.119. The van der Waals surface area contributed by atoms with Crippen LogP contribution in [0.5, 0.6) is 0 Å². The second-order valence-corrected chi connectivity index (χ2v) is 11.6. The van der Waals surface area contributed by atoms with Crippen LogP contribution in [0.4, 0.5) is 5.00 Å². The lowest BCUT2D eigenvalue weighted by molar-refractivity contribution is -0.113. The number of thioether (sulfide) groups is 1. The number of allylic oxidation sites excluding steroid dienone is 1. The fraction of sp³-hybridized carbons (Fsp3) is 0.286. The molecule has 198 valence electrons. The number of aryl methyl sites for hydroxylation is 3. The van der Waals surface area contributed by atoms with E-state index in [4.69, 9.17) is 4.74 Å². The summed E-state index contributed by atoms with van der Waals surface area (Å²) in [6.45, 7) is 10.6. The van der Waals surface area contributed by atoms with E-state index in [1.54, 1.807) is 17.4 Å². The van der Waals surface area contributed by atoms with Gasteiger partial charge in [-0.25, -0.2) is 4.79 Å². The summed E-state index contributed by atoms with van der Waals surface area (Å²) in [5.41, 5.74) is 5.20. The van der Waals surface area contributed by atoms with Crippen molar-refractivity contribution in [1.82, 2.24) is 14.8 Å². The first-order valence-corrected chi connectivity index (χ1v) is 14.9. The maximum atomic E-state index is 13.0. The van der Waals surface area contributed by atoms with Crippen LogP contribution < -0.4 is 5.32 Å². The van der Waals surface area contributed by atoms with Crippen LogP contribution >= 0.6 is 34.4 Å². The molecule has 0 saturated carbocycles. The summed E-state index contributed by atoms with van der Waals surface area (Å²) in [5, 5.41) is 16.7. The van der Waals surface area contributed by atoms with E-state index in [-0.39, 0.29) is 11.7 Å². The van der Waals surface area contributed by atoms with Crippen molar-refractivity contribution in [2.75, 3.05) is 18.2 Å². The van der Waals surface area contributed by atoms with Crippen molar-refractivity contribution < 1.29 is 14.3 Å². The number of methoxy groups -OCH3 is 1. The lowest BCUT2D eigenvalue weighted by Crippen LogP contribution is -2.16. The van der Waals surface area contributed by atoms with Gasteiger partial charge >= 0.3 is 5.97 Å². The third-order valence-corrected chi connectivity index (χ3v) is 8.74. The summed E-state index contributed by atoms with van der Waals surface area (Å²) in [5.74, 6) is 0.136. The number of anilines is 1. The van der Waals surface area contributed by atoms with Gasteiger partial charge in [-0.05, 0) is 37.5 Å². The Kier molecular flexibility index (Phi) is 9.19. The van der Waals surface area contributed by atoms with E-state index in [2.05, 4.69) is 40.5 Å². The smallest absolute Gasteiger partial charge is 0.341 e. The molecule has 0 unspecified atom stereocenters. The molecule has 0 atom stereocenters. The zero-order valence-electron chi connectivity index (χ0n) is 21.9. The van der Waals surface area contributed by atoms with Crippen LogP contribution in [0.1, 0.15) is 39.7 Å². The molecule has 1 amide bonds. The molecule has 0 spiro atoms. The monoisotopic (exact) mass is 566 g/mol. The van der Waals surface area contributed by atoms with Crippen molar-refractivity contribution in [3.63, 3.8) is 0 Å². The summed E-state index contributed by atoms with van der Waals surface area (Å²) >= 11 is 4.32. The molecule has 0 saturated heterocycles. The molecule has 0 bridgehead atoms. The third kappa shape index (κ3) is 6.09. The Labute approximate surface area is 235 Å². The van der Waals surface area contributed by atoms with Gasteiger partial charge in [0.15, 0.2) is 11.0 Å². The predicted molar refractivity (Wildman–Crippen MR) is 157 cm³/mol. The lowest BCUT2D eigenvalue weighted by atomic mass is 9.97. The molecule has 3 heterocycles. The summed E-state index contributed by atoms with van der Waals surface area (Å²) in [7, 11) is 1.34. The molecule has 0 aliphatic rings. The first kappa shape index (κ1) is 27.8. The summed E-state index contributed by atoms with van der Waals surface area (Å²) in [6.07, 6.45) is 3.91. The maximum Gasteiger partial charge on any atom is 0.341 e. The molecule has 4 aromatic rings. The zero-order chi connectivity index (χ0) is 27.2. The third-order valence-electron chi connectivity index (χ3n) is 5.89. The van der Waals surface area contributed by atoms with E-state index in [9.17, 15) is 9.59 Å². The van der Waals surface area contributed by atoms with Gasteiger partial charge in [0.2, 0.25) is 5.91 Å². The number of nitrogens with one attached hydrogen (secondary N) is 1. The first-order chi connectivity index (χ1) is 18.4. The topological polar surface area (TPSA) is 86.1 Å². The number of aromatic nitrogens is 3. The Morgan fingerprint density at radius 1 is 1.16 bits per heavy atom. The highest BCUT2D eigenvalue weighted by Crippen LogP contribution is 2.38. The van der Waals surface area contributed by atoms with Crippen molar-refractivity contribution in [3.8, 4) is 22.5 Å². The highest BCUT2D eigenvalue weighted by atomic mass is 32.2. The minimum atomic E-state index is -0.487. The number of esters is 1. The molecule has 0 radical (unpaired) electrons. The van der Waals surface area contributed by atoms with E-state index in [1.807, 2.05) is 42.0 Å². The fourth-order valence-electron chi connectivity index (χ4n) is 4.05. The van der Waals surface area contributed by atoms with Gasteiger partial charge in [-0.3, -0.25) is 9.36 Å². The van der Waals surface area contributed by atoms with Crippen molar-refractivity contribution in [2.24, 2.45) is 0 Å². The molecule has 0 aliphatic heterocycles. The summed E-state index contributed by atoms with van der Waals surface area (Å²) < 4.78 is 7.03. The normalized spacial score (nSPS) is 10.9. The SMILES string of the molecule is C=CCn1c(SCC(=O)Nc2scc(-c3cc(C)ccc3C)c2C(=O)OC)nnc1-c1csc(CCC)c1. The van der Waals surface area contributed by atoms with Gasteiger partial charge < -0.3 is 10.1 Å². The van der Waals surface area contributed by atoms with Gasteiger partial charge in [-0.15, -0.1) is 39.4 Å². The second-order valence-electron chi connectivity index (χ2n) is 8.76.